The molecule has 2 rings (SSSR count). The Morgan fingerprint density at radius 3 is 2.53 bits per heavy atom. The molecule has 0 aromatic carbocycles. The predicted octanol–water partition coefficient (Wildman–Crippen LogP) is 2.97. The number of hydrazine groups is 1. The molecule has 0 saturated carbocycles. The van der Waals surface area contributed by atoms with Crippen LogP contribution in [0.3, 0.4) is 0 Å². The first-order valence-corrected chi connectivity index (χ1v) is 8.12. The Bertz CT molecular complexity index is 307. The van der Waals surface area contributed by atoms with Crippen LogP contribution in [0.15, 0.2) is 11.6 Å². The Kier molecular flexibility index (Phi) is 5.43. The molecule has 0 spiro atoms. The number of piperidine rings is 1. The molecule has 2 atom stereocenters. The van der Waals surface area contributed by atoms with E-state index in [0.29, 0.717) is 6.04 Å². The number of hydrogen-bond acceptors (Lipinski definition) is 3. The van der Waals surface area contributed by atoms with Crippen molar-refractivity contribution in [1.29, 1.82) is 0 Å². The van der Waals surface area contributed by atoms with Gasteiger partial charge in [-0.3, -0.25) is 16.2 Å². The summed E-state index contributed by atoms with van der Waals surface area (Å²) in [5, 5.41) is 0. The first kappa shape index (κ1) is 15.0. The standard InChI is InChI=1S/C16H31N3/c1-3-16(2,19-12-8-5-9-13-19)15(18-17)14-10-6-4-7-11-14/h10,15,18H,3-9,11-13,17H2,1-2H3. The van der Waals surface area contributed by atoms with E-state index in [1.165, 1.54) is 58.0 Å². The summed E-state index contributed by atoms with van der Waals surface area (Å²) < 4.78 is 0. The van der Waals surface area contributed by atoms with Crippen molar-refractivity contribution in [3.8, 4) is 0 Å². The van der Waals surface area contributed by atoms with Gasteiger partial charge in [-0.05, 0) is 65.0 Å². The number of likely N-dealkylation sites (tertiary alicyclic amines) is 1. The number of nitrogens with two attached hydrogens (primary N) is 1. The molecule has 0 aromatic heterocycles. The van der Waals surface area contributed by atoms with E-state index >= 15 is 0 Å². The first-order chi connectivity index (χ1) is 9.22. The predicted molar refractivity (Wildman–Crippen MR) is 81.8 cm³/mol. The summed E-state index contributed by atoms with van der Waals surface area (Å²) in [6.45, 7) is 7.17. The van der Waals surface area contributed by atoms with Gasteiger partial charge in [0, 0.05) is 5.54 Å². The van der Waals surface area contributed by atoms with Crippen molar-refractivity contribution in [3.63, 3.8) is 0 Å². The topological polar surface area (TPSA) is 41.3 Å². The van der Waals surface area contributed by atoms with Crippen LogP contribution in [0, 0.1) is 0 Å². The van der Waals surface area contributed by atoms with Crippen LogP contribution in [0.4, 0.5) is 0 Å². The van der Waals surface area contributed by atoms with Crippen molar-refractivity contribution in [1.82, 2.24) is 10.3 Å². The van der Waals surface area contributed by atoms with Gasteiger partial charge in [0.1, 0.15) is 0 Å². The van der Waals surface area contributed by atoms with Gasteiger partial charge in [0.05, 0.1) is 6.04 Å². The molecule has 0 aromatic rings. The van der Waals surface area contributed by atoms with Crippen LogP contribution in [0.5, 0.6) is 0 Å². The molecule has 2 aliphatic rings. The quantitative estimate of drug-likeness (QED) is 0.456. The lowest BCUT2D eigenvalue weighted by atomic mass is 9.79. The van der Waals surface area contributed by atoms with E-state index < -0.39 is 0 Å². The molecule has 3 heteroatoms. The third kappa shape index (κ3) is 3.21. The maximum Gasteiger partial charge on any atom is 0.0601 e. The highest BCUT2D eigenvalue weighted by Crippen LogP contribution is 2.33. The SMILES string of the molecule is CCC(C)(C(NN)C1=CCCCC1)N1CCCCC1. The van der Waals surface area contributed by atoms with Crippen molar-refractivity contribution in [2.24, 2.45) is 5.84 Å². The van der Waals surface area contributed by atoms with E-state index in [1.54, 1.807) is 5.57 Å². The van der Waals surface area contributed by atoms with Crippen molar-refractivity contribution in [3.05, 3.63) is 11.6 Å². The molecule has 1 fully saturated rings. The Morgan fingerprint density at radius 1 is 1.26 bits per heavy atom. The van der Waals surface area contributed by atoms with Crippen LogP contribution in [-0.4, -0.2) is 29.6 Å². The summed E-state index contributed by atoms with van der Waals surface area (Å²) in [5.74, 6) is 5.95. The third-order valence-electron chi connectivity index (χ3n) is 5.28. The first-order valence-electron chi connectivity index (χ1n) is 8.12. The molecule has 0 radical (unpaired) electrons. The van der Waals surface area contributed by atoms with Gasteiger partial charge in [-0.1, -0.05) is 25.0 Å². The van der Waals surface area contributed by atoms with Gasteiger partial charge in [0.15, 0.2) is 0 Å². The molecular weight excluding hydrogens is 234 g/mol. The molecule has 3 N–H and O–H groups in total. The monoisotopic (exact) mass is 265 g/mol. The van der Waals surface area contributed by atoms with Crippen LogP contribution in [0.2, 0.25) is 0 Å². The zero-order valence-electron chi connectivity index (χ0n) is 12.8. The number of rotatable bonds is 5. The molecule has 110 valence electrons. The Balaban J connectivity index is 2.18. The van der Waals surface area contributed by atoms with Gasteiger partial charge >= 0.3 is 0 Å². The maximum atomic E-state index is 5.95. The van der Waals surface area contributed by atoms with Gasteiger partial charge in [-0.15, -0.1) is 0 Å². The summed E-state index contributed by atoms with van der Waals surface area (Å²) in [6.07, 6.45) is 12.8. The van der Waals surface area contributed by atoms with Crippen LogP contribution < -0.4 is 11.3 Å². The van der Waals surface area contributed by atoms with Gasteiger partial charge in [0.25, 0.3) is 0 Å². The van der Waals surface area contributed by atoms with Crippen molar-refractivity contribution in [2.45, 2.75) is 76.8 Å². The molecule has 0 amide bonds. The Labute approximate surface area is 118 Å². The van der Waals surface area contributed by atoms with E-state index in [-0.39, 0.29) is 5.54 Å². The number of allylic oxidation sites excluding steroid dienone is 1. The second kappa shape index (κ2) is 6.87. The minimum atomic E-state index is 0.165. The number of nitrogens with zero attached hydrogens (tertiary/aromatic N) is 1. The average molecular weight is 265 g/mol. The van der Waals surface area contributed by atoms with E-state index in [2.05, 4.69) is 30.2 Å². The molecule has 1 aliphatic carbocycles. The smallest absolute Gasteiger partial charge is 0.0601 e. The van der Waals surface area contributed by atoms with Crippen LogP contribution in [0.1, 0.15) is 65.2 Å². The fourth-order valence-electron chi connectivity index (χ4n) is 3.83. The summed E-state index contributed by atoms with van der Waals surface area (Å²) in [5.41, 5.74) is 4.86. The summed E-state index contributed by atoms with van der Waals surface area (Å²) in [7, 11) is 0. The highest BCUT2D eigenvalue weighted by atomic mass is 15.3. The zero-order valence-corrected chi connectivity index (χ0v) is 12.8. The van der Waals surface area contributed by atoms with Gasteiger partial charge in [-0.2, -0.15) is 0 Å². The van der Waals surface area contributed by atoms with E-state index in [4.69, 9.17) is 5.84 Å². The summed E-state index contributed by atoms with van der Waals surface area (Å²) >= 11 is 0. The Morgan fingerprint density at radius 2 is 2.00 bits per heavy atom. The van der Waals surface area contributed by atoms with Crippen molar-refractivity contribution >= 4 is 0 Å². The summed E-state index contributed by atoms with van der Waals surface area (Å²) in [6, 6.07) is 0.316. The fourth-order valence-corrected chi connectivity index (χ4v) is 3.83. The maximum absolute atomic E-state index is 5.95. The highest BCUT2D eigenvalue weighted by Gasteiger charge is 2.39. The molecule has 1 saturated heterocycles. The molecule has 0 bridgehead atoms. The van der Waals surface area contributed by atoms with Gasteiger partial charge < -0.3 is 0 Å². The van der Waals surface area contributed by atoms with Gasteiger partial charge in [-0.25, -0.2) is 0 Å². The second-order valence-electron chi connectivity index (χ2n) is 6.38. The third-order valence-corrected chi connectivity index (χ3v) is 5.28. The van der Waals surface area contributed by atoms with E-state index in [1.807, 2.05) is 0 Å². The second-order valence-corrected chi connectivity index (χ2v) is 6.38. The molecule has 2 unspecified atom stereocenters. The molecular formula is C16H31N3. The lowest BCUT2D eigenvalue weighted by Crippen LogP contribution is -2.62. The number of nitrogens with one attached hydrogen (secondary N) is 1. The zero-order chi connectivity index (χ0) is 13.7. The Hall–Kier alpha value is -0.380. The normalized spacial score (nSPS) is 26.6. The molecule has 19 heavy (non-hydrogen) atoms. The lowest BCUT2D eigenvalue weighted by Gasteiger charge is -2.49. The average Bonchev–Trinajstić information content (AvgIpc) is 2.49. The highest BCUT2D eigenvalue weighted by molar-refractivity contribution is 5.20. The van der Waals surface area contributed by atoms with E-state index in [9.17, 15) is 0 Å². The lowest BCUT2D eigenvalue weighted by molar-refractivity contribution is 0.0520. The van der Waals surface area contributed by atoms with Crippen molar-refractivity contribution in [2.75, 3.05) is 13.1 Å². The largest absolute Gasteiger partial charge is 0.296 e. The minimum absolute atomic E-state index is 0.165. The molecule has 1 heterocycles. The summed E-state index contributed by atoms with van der Waals surface area (Å²) in [4.78, 5) is 2.68. The van der Waals surface area contributed by atoms with Crippen LogP contribution in [-0.2, 0) is 0 Å². The van der Waals surface area contributed by atoms with Gasteiger partial charge in [0.2, 0.25) is 0 Å². The fraction of sp³-hybridized carbons (Fsp3) is 0.875. The molecule has 3 nitrogen and oxygen atoms in total. The van der Waals surface area contributed by atoms with E-state index in [0.717, 1.165) is 6.42 Å². The van der Waals surface area contributed by atoms with Crippen LogP contribution >= 0.6 is 0 Å². The van der Waals surface area contributed by atoms with Crippen LogP contribution in [0.25, 0.3) is 0 Å². The number of hydrogen-bond donors (Lipinski definition) is 2. The molecule has 1 aliphatic heterocycles. The minimum Gasteiger partial charge on any atom is -0.296 e. The van der Waals surface area contributed by atoms with Crippen molar-refractivity contribution < 1.29 is 0 Å².